The van der Waals surface area contributed by atoms with Gasteiger partial charge in [0.1, 0.15) is 17.5 Å². The number of nitrogens with one attached hydrogen (secondary N) is 1. The number of carbonyl (C=O) groups excluding carboxylic acids is 2. The molecule has 44 heavy (non-hydrogen) atoms. The minimum Gasteiger partial charge on any atom is -0.495 e. The van der Waals surface area contributed by atoms with Crippen molar-refractivity contribution < 1.29 is 27.3 Å². The van der Waals surface area contributed by atoms with Gasteiger partial charge >= 0.3 is 0 Å². The Hall–Kier alpha value is -4.93. The van der Waals surface area contributed by atoms with Crippen molar-refractivity contribution >= 4 is 34.2 Å². The molecule has 0 spiro atoms. The van der Waals surface area contributed by atoms with Crippen molar-refractivity contribution in [2.45, 2.75) is 18.5 Å². The van der Waals surface area contributed by atoms with Crippen LogP contribution in [-0.2, 0) is 23.5 Å². The molecule has 2 amide bonds. The van der Waals surface area contributed by atoms with E-state index in [2.05, 4.69) is 10.4 Å². The lowest BCUT2D eigenvalue weighted by atomic mass is 9.99. The van der Waals surface area contributed by atoms with E-state index in [4.69, 9.17) is 4.74 Å². The number of ether oxygens (including phenoxy) is 1. The number of hydrogen-bond donors (Lipinski definition) is 1. The van der Waals surface area contributed by atoms with E-state index in [9.17, 15) is 19.1 Å². The third-order valence-electron chi connectivity index (χ3n) is 7.39. The maximum Gasteiger partial charge on any atom is 0.298 e. The van der Waals surface area contributed by atoms with E-state index in [-0.39, 0.29) is 46.7 Å². The molecule has 0 radical (unpaired) electrons. The van der Waals surface area contributed by atoms with Gasteiger partial charge in [-0.1, -0.05) is 42.5 Å². The zero-order valence-corrected chi connectivity index (χ0v) is 24.8. The second-order valence-electron chi connectivity index (χ2n) is 10.1. The van der Waals surface area contributed by atoms with Crippen LogP contribution in [0.2, 0.25) is 0 Å². The monoisotopic (exact) mass is 618 g/mol. The van der Waals surface area contributed by atoms with Gasteiger partial charge in [0.15, 0.2) is 0 Å². The molecule has 226 valence electrons. The van der Waals surface area contributed by atoms with Gasteiger partial charge < -0.3 is 15.0 Å². The molecule has 1 aliphatic heterocycles. The Morgan fingerprint density at radius 3 is 2.48 bits per heavy atom. The molecule has 1 aromatic heterocycles. The highest BCUT2D eigenvalue weighted by molar-refractivity contribution is 7.81. The SMILES string of the molecule is COc1ccc(C(=O)Nc2cnn3c2C(=O)N(c2ccc(C(F)(F)c4ccccc4)cc2)C(CN(C)S(C)=O)C3)cc1C#N. The lowest BCUT2D eigenvalue weighted by Gasteiger charge is -2.37. The second-order valence-corrected chi connectivity index (χ2v) is 11.6. The van der Waals surface area contributed by atoms with Gasteiger partial charge in [0.2, 0.25) is 0 Å². The third kappa shape index (κ3) is 5.82. The average molecular weight is 619 g/mol. The molecule has 1 aliphatic rings. The minimum atomic E-state index is -3.26. The zero-order chi connectivity index (χ0) is 31.6. The number of rotatable bonds is 9. The topological polar surface area (TPSA) is 121 Å². The van der Waals surface area contributed by atoms with E-state index in [1.807, 2.05) is 6.07 Å². The molecule has 0 saturated heterocycles. The molecule has 10 nitrogen and oxygen atoms in total. The number of benzene rings is 3. The maximum absolute atomic E-state index is 15.2. The summed E-state index contributed by atoms with van der Waals surface area (Å²) < 4.78 is 50.8. The predicted octanol–water partition coefficient (Wildman–Crippen LogP) is 4.41. The number of anilines is 2. The Morgan fingerprint density at radius 1 is 1.16 bits per heavy atom. The van der Waals surface area contributed by atoms with Gasteiger partial charge in [-0.2, -0.15) is 19.1 Å². The fourth-order valence-electron chi connectivity index (χ4n) is 5.05. The van der Waals surface area contributed by atoms with Crippen molar-refractivity contribution in [2.24, 2.45) is 0 Å². The standard InChI is InChI=1S/C31H28F2N6O4S/c1-37(44(3)42)18-25-19-38-28(26(17-35-38)36-29(40)20-9-14-27(43-2)21(15-20)16-34)30(41)39(25)24-12-10-23(11-13-24)31(32,33)22-7-5-4-6-8-22/h4-15,17,25H,18-19H2,1-3H3,(H,36,40). The largest absolute Gasteiger partial charge is 0.495 e. The van der Waals surface area contributed by atoms with Crippen molar-refractivity contribution in [1.82, 2.24) is 14.1 Å². The Kier molecular flexibility index (Phi) is 8.57. The summed E-state index contributed by atoms with van der Waals surface area (Å²) in [7, 11) is 1.72. The van der Waals surface area contributed by atoms with Crippen molar-refractivity contribution in [3.8, 4) is 11.8 Å². The van der Waals surface area contributed by atoms with Crippen LogP contribution in [0.25, 0.3) is 0 Å². The van der Waals surface area contributed by atoms with Crippen LogP contribution in [0.1, 0.15) is 37.5 Å². The Morgan fingerprint density at radius 2 is 1.84 bits per heavy atom. The third-order valence-corrected chi connectivity index (χ3v) is 8.42. The summed E-state index contributed by atoms with van der Waals surface area (Å²) in [6.45, 7) is 0.377. The number of nitrogens with zero attached hydrogens (tertiary/aromatic N) is 5. The number of carbonyl (C=O) groups is 2. The number of nitriles is 1. The molecule has 0 bridgehead atoms. The summed E-state index contributed by atoms with van der Waals surface area (Å²) in [4.78, 5) is 28.6. The molecule has 2 unspecified atom stereocenters. The van der Waals surface area contributed by atoms with Crippen LogP contribution in [-0.4, -0.2) is 63.1 Å². The van der Waals surface area contributed by atoms with Gasteiger partial charge in [0.25, 0.3) is 17.7 Å². The highest BCUT2D eigenvalue weighted by atomic mass is 32.2. The lowest BCUT2D eigenvalue weighted by molar-refractivity contribution is 0.0428. The molecule has 0 fully saturated rings. The molecule has 13 heteroatoms. The summed E-state index contributed by atoms with van der Waals surface area (Å²) in [5.74, 6) is -4.04. The molecule has 1 N–H and O–H groups in total. The Bertz CT molecular complexity index is 1770. The van der Waals surface area contributed by atoms with Crippen LogP contribution in [0.4, 0.5) is 20.2 Å². The molecule has 4 aromatic rings. The number of alkyl halides is 2. The van der Waals surface area contributed by atoms with Crippen LogP contribution < -0.4 is 15.0 Å². The van der Waals surface area contributed by atoms with E-state index in [0.29, 0.717) is 11.4 Å². The highest BCUT2D eigenvalue weighted by Crippen LogP contribution is 2.37. The lowest BCUT2D eigenvalue weighted by Crippen LogP contribution is -2.53. The molecular weight excluding hydrogens is 590 g/mol. The fraction of sp³-hybridized carbons (Fsp3) is 0.226. The number of fused-ring (bicyclic) bond motifs is 1. The summed E-state index contributed by atoms with van der Waals surface area (Å²) in [5.41, 5.74) is 0.508. The number of likely N-dealkylation sites (N-methyl/N-ethyl adjacent to an activating group) is 1. The van der Waals surface area contributed by atoms with Gasteiger partial charge in [-0.05, 0) is 37.4 Å². The van der Waals surface area contributed by atoms with E-state index in [0.717, 1.165) is 0 Å². The smallest absolute Gasteiger partial charge is 0.298 e. The van der Waals surface area contributed by atoms with Gasteiger partial charge in [-0.3, -0.25) is 14.3 Å². The first-order valence-corrected chi connectivity index (χ1v) is 14.9. The normalized spacial score (nSPS) is 15.4. The van der Waals surface area contributed by atoms with Crippen LogP contribution in [0.15, 0.2) is 79.0 Å². The predicted molar refractivity (Wildman–Crippen MR) is 161 cm³/mol. The van der Waals surface area contributed by atoms with Gasteiger partial charge in [0.05, 0.1) is 48.1 Å². The highest BCUT2D eigenvalue weighted by Gasteiger charge is 2.39. The molecule has 0 aliphatic carbocycles. The van der Waals surface area contributed by atoms with Crippen molar-refractivity contribution in [2.75, 3.05) is 37.2 Å². The van der Waals surface area contributed by atoms with Crippen LogP contribution in [0.3, 0.4) is 0 Å². The van der Waals surface area contributed by atoms with E-state index in [1.54, 1.807) is 29.6 Å². The molecule has 2 atom stereocenters. The zero-order valence-electron chi connectivity index (χ0n) is 24.0. The number of hydrogen-bond acceptors (Lipinski definition) is 6. The molecule has 2 heterocycles. The molecule has 3 aromatic carbocycles. The molecule has 0 saturated carbocycles. The minimum absolute atomic E-state index is 0.0857. The molecular formula is C31H28F2N6O4S. The first-order chi connectivity index (χ1) is 21.0. The van der Waals surface area contributed by atoms with Crippen LogP contribution >= 0.6 is 0 Å². The quantitative estimate of drug-likeness (QED) is 0.297. The Balaban J connectivity index is 1.48. The van der Waals surface area contributed by atoms with Crippen molar-refractivity contribution in [3.63, 3.8) is 0 Å². The number of halogens is 2. The number of aromatic nitrogens is 2. The first-order valence-electron chi connectivity index (χ1n) is 13.4. The van der Waals surface area contributed by atoms with Crippen LogP contribution in [0, 0.1) is 11.3 Å². The number of amides is 2. The van der Waals surface area contributed by atoms with Crippen LogP contribution in [0.5, 0.6) is 5.75 Å². The Labute approximate surface area is 255 Å². The average Bonchev–Trinajstić information content (AvgIpc) is 3.43. The van der Waals surface area contributed by atoms with Crippen molar-refractivity contribution in [3.05, 3.63) is 107 Å². The molecule has 5 rings (SSSR count). The van der Waals surface area contributed by atoms with Gasteiger partial charge in [-0.15, -0.1) is 0 Å². The fourth-order valence-corrected chi connectivity index (χ4v) is 5.43. The first kappa shape index (κ1) is 30.5. The van der Waals surface area contributed by atoms with Crippen molar-refractivity contribution in [1.29, 1.82) is 5.26 Å². The van der Waals surface area contributed by atoms with Gasteiger partial charge in [-0.25, -0.2) is 8.51 Å². The second kappa shape index (κ2) is 12.4. The summed E-state index contributed by atoms with van der Waals surface area (Å²) >= 11 is 0. The van der Waals surface area contributed by atoms with Gasteiger partial charge in [0, 0.05) is 35.2 Å². The summed E-state index contributed by atoms with van der Waals surface area (Å²) in [6, 6.07) is 18.7. The summed E-state index contributed by atoms with van der Waals surface area (Å²) in [5, 5.41) is 16.4. The maximum atomic E-state index is 15.2. The van der Waals surface area contributed by atoms with E-state index < -0.39 is 34.8 Å². The summed E-state index contributed by atoms with van der Waals surface area (Å²) in [6.07, 6.45) is 2.87. The number of methoxy groups -OCH3 is 1. The van der Waals surface area contributed by atoms with E-state index >= 15 is 8.78 Å². The van der Waals surface area contributed by atoms with E-state index in [1.165, 1.54) is 83.7 Å².